The number of unbranched alkanes of at least 4 members (excludes halogenated alkanes) is 11. The number of benzene rings is 1. The highest BCUT2D eigenvalue weighted by Gasteiger charge is 2.37. The van der Waals surface area contributed by atoms with Gasteiger partial charge in [-0.2, -0.15) is 0 Å². The molecule has 39 heavy (non-hydrogen) atoms. The number of carbonyl (C=O) groups is 3. The number of aliphatic hydroxyl groups is 1. The molecule has 222 valence electrons. The van der Waals surface area contributed by atoms with Crippen molar-refractivity contribution in [3.8, 4) is 0 Å². The fourth-order valence-electron chi connectivity index (χ4n) is 4.35. The molecule has 0 fully saturated rings. The summed E-state index contributed by atoms with van der Waals surface area (Å²) in [7, 11) is 4.42. The SMILES string of the molecule is CCCCCCCCCCCC[N+](C)(C)CCO.O=C(O)CCCCCOON1C(=O)c2ccccc2C1=O. The molecule has 9 heteroatoms. The van der Waals surface area contributed by atoms with Gasteiger partial charge in [0.2, 0.25) is 0 Å². The second kappa shape index (κ2) is 20.6. The van der Waals surface area contributed by atoms with Gasteiger partial charge in [-0.15, -0.1) is 10.1 Å². The Labute approximate surface area is 234 Å². The van der Waals surface area contributed by atoms with Crippen LogP contribution >= 0.6 is 0 Å². The van der Waals surface area contributed by atoms with E-state index in [1.54, 1.807) is 24.3 Å². The van der Waals surface area contributed by atoms with Crippen molar-refractivity contribution >= 4 is 17.8 Å². The first-order valence-electron chi connectivity index (χ1n) is 14.7. The predicted molar refractivity (Wildman–Crippen MR) is 151 cm³/mol. The fourth-order valence-corrected chi connectivity index (χ4v) is 4.35. The van der Waals surface area contributed by atoms with Gasteiger partial charge >= 0.3 is 5.97 Å². The lowest BCUT2D eigenvalue weighted by Gasteiger charge is -2.28. The van der Waals surface area contributed by atoms with Crippen LogP contribution in [0.5, 0.6) is 0 Å². The first kappa shape index (κ1) is 34.7. The summed E-state index contributed by atoms with van der Waals surface area (Å²) in [5.74, 6) is -1.94. The van der Waals surface area contributed by atoms with Crippen LogP contribution in [0.15, 0.2) is 24.3 Å². The van der Waals surface area contributed by atoms with Crippen LogP contribution < -0.4 is 0 Å². The molecule has 0 radical (unpaired) electrons. The average Bonchev–Trinajstić information content (AvgIpc) is 3.14. The summed E-state index contributed by atoms with van der Waals surface area (Å²) in [6, 6.07) is 6.42. The van der Waals surface area contributed by atoms with Gasteiger partial charge in [-0.25, -0.2) is 4.89 Å². The number of carbonyl (C=O) groups excluding carboxylic acids is 2. The summed E-state index contributed by atoms with van der Waals surface area (Å²) >= 11 is 0. The van der Waals surface area contributed by atoms with Crippen molar-refractivity contribution < 1.29 is 39.0 Å². The van der Waals surface area contributed by atoms with Crippen molar-refractivity contribution in [3.05, 3.63) is 35.4 Å². The predicted octanol–water partition coefficient (Wildman–Crippen LogP) is 5.77. The Morgan fingerprint density at radius 2 is 1.31 bits per heavy atom. The lowest BCUT2D eigenvalue weighted by Crippen LogP contribution is -2.42. The Balaban J connectivity index is 0.000000396. The zero-order valence-corrected chi connectivity index (χ0v) is 24.4. The zero-order valence-electron chi connectivity index (χ0n) is 24.4. The van der Waals surface area contributed by atoms with E-state index >= 15 is 0 Å². The first-order chi connectivity index (χ1) is 18.7. The van der Waals surface area contributed by atoms with Crippen LogP contribution in [-0.2, 0) is 14.7 Å². The summed E-state index contributed by atoms with van der Waals surface area (Å²) < 4.78 is 0.966. The second-order valence-electron chi connectivity index (χ2n) is 10.8. The van der Waals surface area contributed by atoms with E-state index in [0.717, 1.165) is 11.0 Å². The molecule has 1 aromatic rings. The number of likely N-dealkylation sites (N-methyl/N-ethyl adjacent to an activating group) is 1. The largest absolute Gasteiger partial charge is 0.481 e. The molecule has 1 aliphatic rings. The molecule has 9 nitrogen and oxygen atoms in total. The van der Waals surface area contributed by atoms with Crippen LogP contribution in [0.2, 0.25) is 0 Å². The number of fused-ring (bicyclic) bond motifs is 1. The van der Waals surface area contributed by atoms with Crippen LogP contribution in [0.3, 0.4) is 0 Å². The number of nitrogens with zero attached hydrogens (tertiary/aromatic N) is 2. The molecule has 0 atom stereocenters. The number of carboxylic acid groups (broad SMARTS) is 1. The third kappa shape index (κ3) is 15.1. The van der Waals surface area contributed by atoms with E-state index in [1.165, 1.54) is 70.8 Å². The Morgan fingerprint density at radius 3 is 1.82 bits per heavy atom. The molecule has 2 amide bonds. The van der Waals surface area contributed by atoms with Crippen molar-refractivity contribution in [1.82, 2.24) is 5.06 Å². The Hall–Kier alpha value is -2.33. The second-order valence-corrected chi connectivity index (χ2v) is 10.8. The minimum atomic E-state index is -0.835. The number of aliphatic carboxylic acids is 1. The highest BCUT2D eigenvalue weighted by molar-refractivity contribution is 6.20. The molecule has 0 saturated heterocycles. The molecule has 2 rings (SSSR count). The smallest absolute Gasteiger partial charge is 0.303 e. The molecule has 0 aliphatic carbocycles. The van der Waals surface area contributed by atoms with Gasteiger partial charge in [-0.3, -0.25) is 14.4 Å². The Bertz CT molecular complexity index is 809. The van der Waals surface area contributed by atoms with E-state index in [-0.39, 0.29) is 24.2 Å². The number of hydroxylamine groups is 2. The van der Waals surface area contributed by atoms with Crippen LogP contribution in [-0.4, -0.2) is 77.9 Å². The van der Waals surface area contributed by atoms with Gasteiger partial charge in [-0.1, -0.05) is 76.8 Å². The van der Waals surface area contributed by atoms with E-state index in [1.807, 2.05) is 0 Å². The lowest BCUT2D eigenvalue weighted by molar-refractivity contribution is -0.890. The zero-order chi connectivity index (χ0) is 28.9. The number of rotatable bonds is 21. The topological polar surface area (TPSA) is 113 Å². The first-order valence-corrected chi connectivity index (χ1v) is 14.7. The van der Waals surface area contributed by atoms with Gasteiger partial charge in [0.25, 0.3) is 11.8 Å². The van der Waals surface area contributed by atoms with Gasteiger partial charge in [0.05, 0.1) is 45.0 Å². The van der Waals surface area contributed by atoms with E-state index in [4.69, 9.17) is 20.1 Å². The van der Waals surface area contributed by atoms with Crippen LogP contribution in [0.4, 0.5) is 0 Å². The molecule has 0 unspecified atom stereocenters. The van der Waals surface area contributed by atoms with Gasteiger partial charge in [0.15, 0.2) is 0 Å². The molecule has 1 aromatic carbocycles. The van der Waals surface area contributed by atoms with Crippen molar-refractivity contribution in [2.45, 2.75) is 96.8 Å². The maximum absolute atomic E-state index is 11.9. The molecular formula is C30H51N2O7+. The summed E-state index contributed by atoms with van der Waals surface area (Å²) in [5, 5.41) is 18.0. The van der Waals surface area contributed by atoms with Crippen molar-refractivity contribution in [3.63, 3.8) is 0 Å². The summed E-state index contributed by atoms with van der Waals surface area (Å²) in [5.41, 5.74) is 0.570. The molecule has 0 saturated carbocycles. The maximum Gasteiger partial charge on any atom is 0.303 e. The summed E-state index contributed by atoms with van der Waals surface area (Å²) in [6.07, 6.45) is 15.9. The Kier molecular flexibility index (Phi) is 18.3. The number of hydrogen-bond acceptors (Lipinski definition) is 6. The van der Waals surface area contributed by atoms with Gasteiger partial charge in [0, 0.05) is 6.42 Å². The van der Waals surface area contributed by atoms with E-state index in [2.05, 4.69) is 21.0 Å². The highest BCUT2D eigenvalue weighted by Crippen LogP contribution is 2.22. The average molecular weight is 552 g/mol. The Morgan fingerprint density at radius 1 is 0.795 bits per heavy atom. The normalized spacial score (nSPS) is 12.9. The molecule has 1 aliphatic heterocycles. The maximum atomic E-state index is 11.9. The van der Waals surface area contributed by atoms with E-state index < -0.39 is 17.8 Å². The summed E-state index contributed by atoms with van der Waals surface area (Å²) in [6.45, 7) is 4.85. The fraction of sp³-hybridized carbons (Fsp3) is 0.700. The minimum absolute atomic E-state index is 0.110. The molecule has 0 aromatic heterocycles. The van der Waals surface area contributed by atoms with Crippen molar-refractivity contribution in [2.75, 3.05) is 40.4 Å². The minimum Gasteiger partial charge on any atom is -0.481 e. The number of aliphatic hydroxyl groups excluding tert-OH is 1. The number of imide groups is 1. The lowest BCUT2D eigenvalue weighted by atomic mass is 10.1. The highest BCUT2D eigenvalue weighted by atomic mass is 17.3. The molecule has 1 heterocycles. The van der Waals surface area contributed by atoms with Crippen LogP contribution in [0, 0.1) is 0 Å². The molecule has 0 spiro atoms. The van der Waals surface area contributed by atoms with Gasteiger partial charge in [-0.05, 0) is 37.8 Å². The van der Waals surface area contributed by atoms with Crippen LogP contribution in [0.1, 0.15) is 118 Å². The van der Waals surface area contributed by atoms with Crippen molar-refractivity contribution in [2.24, 2.45) is 0 Å². The third-order valence-electron chi connectivity index (χ3n) is 6.82. The van der Waals surface area contributed by atoms with Gasteiger partial charge in [0.1, 0.15) is 6.54 Å². The van der Waals surface area contributed by atoms with Crippen molar-refractivity contribution in [1.29, 1.82) is 0 Å². The number of hydrogen-bond donors (Lipinski definition) is 2. The van der Waals surface area contributed by atoms with Crippen LogP contribution in [0.25, 0.3) is 0 Å². The summed E-state index contributed by atoms with van der Waals surface area (Å²) in [4.78, 5) is 43.7. The monoisotopic (exact) mass is 551 g/mol. The molecule has 0 bridgehead atoms. The number of quaternary nitrogens is 1. The van der Waals surface area contributed by atoms with Gasteiger partial charge < -0.3 is 14.7 Å². The van der Waals surface area contributed by atoms with E-state index in [0.29, 0.717) is 30.9 Å². The number of amides is 2. The molecular weight excluding hydrogens is 500 g/mol. The molecule has 2 N–H and O–H groups in total. The van der Waals surface area contributed by atoms with E-state index in [9.17, 15) is 14.4 Å². The number of carboxylic acids is 1. The quantitative estimate of drug-likeness (QED) is 0.0656. The third-order valence-corrected chi connectivity index (χ3v) is 6.82. The standard InChI is InChI=1S/C16H36NO.C14H15NO6/c1-4-5-6-7-8-9-10-11-12-13-14-17(2,3)15-16-18;16-12(17)8-2-1-5-9-20-21-15-13(18)10-6-3-4-7-11(10)14(15)19/h18H,4-16H2,1-3H3;3-4,6-7H,1-2,5,8-9H2,(H,16,17)/q+1;.